The van der Waals surface area contributed by atoms with Gasteiger partial charge in [-0.25, -0.2) is 9.97 Å². The molecule has 0 aliphatic heterocycles. The minimum atomic E-state index is -0.344. The molecule has 7 heteroatoms. The van der Waals surface area contributed by atoms with Crippen LogP contribution in [-0.2, 0) is 6.42 Å². The van der Waals surface area contributed by atoms with Gasteiger partial charge in [-0.1, -0.05) is 48.0 Å². The Morgan fingerprint density at radius 2 is 1.88 bits per heavy atom. The van der Waals surface area contributed by atoms with Crippen molar-refractivity contribution in [1.29, 1.82) is 0 Å². The summed E-state index contributed by atoms with van der Waals surface area (Å²) in [6, 6.07) is 16.4. The van der Waals surface area contributed by atoms with Crippen molar-refractivity contribution >= 4 is 34.0 Å². The van der Waals surface area contributed by atoms with Gasteiger partial charge in [-0.3, -0.25) is 14.2 Å². The maximum absolute atomic E-state index is 13.6. The van der Waals surface area contributed by atoms with E-state index in [1.165, 1.54) is 6.33 Å². The van der Waals surface area contributed by atoms with Gasteiger partial charge >= 0.3 is 0 Å². The molecule has 0 saturated heterocycles. The highest BCUT2D eigenvalue weighted by Crippen LogP contribution is 2.29. The molecule has 32 heavy (non-hydrogen) atoms. The first-order valence-corrected chi connectivity index (χ1v) is 10.6. The molecular weight excluding hydrogens is 424 g/mol. The van der Waals surface area contributed by atoms with E-state index in [1.54, 1.807) is 22.8 Å². The first-order valence-electron chi connectivity index (χ1n) is 10.3. The number of carbonyl (C=O) groups excluding carboxylic acids is 1. The average molecular weight is 443 g/mol. The summed E-state index contributed by atoms with van der Waals surface area (Å²) in [6.07, 6.45) is 5.37. The van der Waals surface area contributed by atoms with Gasteiger partial charge in [0.15, 0.2) is 5.78 Å². The number of hydrogen-bond donors (Lipinski definition) is 1. The van der Waals surface area contributed by atoms with Crippen molar-refractivity contribution in [3.8, 4) is 5.69 Å². The van der Waals surface area contributed by atoms with Gasteiger partial charge in [0.1, 0.15) is 12.1 Å². The summed E-state index contributed by atoms with van der Waals surface area (Å²) in [4.78, 5) is 34.6. The second-order valence-electron chi connectivity index (χ2n) is 7.63. The molecule has 2 aromatic carbocycles. The van der Waals surface area contributed by atoms with E-state index in [0.717, 1.165) is 16.8 Å². The molecule has 5 rings (SSSR count). The molecule has 4 aromatic rings. The number of allylic oxidation sites excluding steroid dienone is 2. The summed E-state index contributed by atoms with van der Waals surface area (Å²) in [5.41, 5.74) is 2.41. The number of para-hydroxylation sites is 1. The largest absolute Gasteiger partial charge is 0.361 e. The SMILES string of the molecule is C[C@H](Nc1ncnc2c1C(=O)C=CC2)c1cc2cccc(Cl)c2c(=O)n1-c1ccccc1. The third kappa shape index (κ3) is 3.39. The highest BCUT2D eigenvalue weighted by atomic mass is 35.5. The van der Waals surface area contributed by atoms with E-state index < -0.39 is 0 Å². The molecule has 1 aliphatic carbocycles. The molecule has 0 bridgehead atoms. The molecule has 0 amide bonds. The summed E-state index contributed by atoms with van der Waals surface area (Å²) in [7, 11) is 0. The van der Waals surface area contributed by atoms with E-state index >= 15 is 0 Å². The first-order chi connectivity index (χ1) is 15.5. The van der Waals surface area contributed by atoms with Crippen molar-refractivity contribution < 1.29 is 4.79 Å². The predicted octanol–water partition coefficient (Wildman–Crippen LogP) is 4.90. The van der Waals surface area contributed by atoms with Crippen molar-refractivity contribution in [2.75, 3.05) is 5.32 Å². The molecule has 2 heterocycles. The van der Waals surface area contributed by atoms with Crippen LogP contribution in [0.4, 0.5) is 5.82 Å². The Morgan fingerprint density at radius 1 is 1.06 bits per heavy atom. The van der Waals surface area contributed by atoms with Gasteiger partial charge in [0.25, 0.3) is 5.56 Å². The van der Waals surface area contributed by atoms with Gasteiger partial charge in [-0.15, -0.1) is 0 Å². The van der Waals surface area contributed by atoms with Crippen LogP contribution in [-0.4, -0.2) is 20.3 Å². The summed E-state index contributed by atoms with van der Waals surface area (Å²) < 4.78 is 1.65. The Labute approximate surface area is 189 Å². The van der Waals surface area contributed by atoms with Crippen LogP contribution in [0, 0.1) is 0 Å². The molecular formula is C25H19ClN4O2. The van der Waals surface area contributed by atoms with Crippen LogP contribution in [0.3, 0.4) is 0 Å². The van der Waals surface area contributed by atoms with Crippen LogP contribution in [0.2, 0.25) is 5.02 Å². The predicted molar refractivity (Wildman–Crippen MR) is 126 cm³/mol. The fraction of sp³-hybridized carbons (Fsp3) is 0.120. The lowest BCUT2D eigenvalue weighted by atomic mass is 10.0. The van der Waals surface area contributed by atoms with Crippen molar-refractivity contribution in [3.05, 3.63) is 105 Å². The number of pyridine rings is 1. The van der Waals surface area contributed by atoms with Crippen molar-refractivity contribution in [1.82, 2.24) is 14.5 Å². The number of fused-ring (bicyclic) bond motifs is 2. The number of halogens is 1. The molecule has 1 atom stereocenters. The number of carbonyl (C=O) groups is 1. The summed E-state index contributed by atoms with van der Waals surface area (Å²) in [6.45, 7) is 1.93. The van der Waals surface area contributed by atoms with Gasteiger partial charge in [-0.2, -0.15) is 0 Å². The summed E-state index contributed by atoms with van der Waals surface area (Å²) in [5, 5.41) is 4.96. The molecule has 0 spiro atoms. The quantitative estimate of drug-likeness (QED) is 0.486. The van der Waals surface area contributed by atoms with Gasteiger partial charge in [0.2, 0.25) is 0 Å². The Balaban J connectivity index is 1.68. The summed E-state index contributed by atoms with van der Waals surface area (Å²) in [5.74, 6) is 0.322. The number of nitrogens with one attached hydrogen (secondary N) is 1. The maximum atomic E-state index is 13.6. The molecule has 0 unspecified atom stereocenters. The summed E-state index contributed by atoms with van der Waals surface area (Å²) >= 11 is 6.39. The van der Waals surface area contributed by atoms with Crippen LogP contribution in [0.1, 0.15) is 34.7 Å². The van der Waals surface area contributed by atoms with E-state index in [2.05, 4.69) is 15.3 Å². The van der Waals surface area contributed by atoms with Crippen LogP contribution in [0.15, 0.2) is 77.9 Å². The number of rotatable bonds is 4. The van der Waals surface area contributed by atoms with E-state index in [-0.39, 0.29) is 17.4 Å². The maximum Gasteiger partial charge on any atom is 0.264 e. The highest BCUT2D eigenvalue weighted by molar-refractivity contribution is 6.35. The number of hydrogen-bond acceptors (Lipinski definition) is 5. The number of ketones is 1. The van der Waals surface area contributed by atoms with Gasteiger partial charge in [0, 0.05) is 17.8 Å². The zero-order valence-electron chi connectivity index (χ0n) is 17.2. The third-order valence-corrected chi connectivity index (χ3v) is 5.90. The third-order valence-electron chi connectivity index (χ3n) is 5.59. The minimum absolute atomic E-state index is 0.132. The van der Waals surface area contributed by atoms with Crippen LogP contribution >= 0.6 is 11.6 Å². The van der Waals surface area contributed by atoms with Crippen LogP contribution in [0.5, 0.6) is 0 Å². The molecule has 1 N–H and O–H groups in total. The van der Waals surface area contributed by atoms with E-state index in [9.17, 15) is 9.59 Å². The van der Waals surface area contributed by atoms with Gasteiger partial charge < -0.3 is 5.32 Å². The standard InChI is InChI=1S/C25H19ClN4O2/c1-15(29-24-23-19(27-14-28-24)11-6-12-21(23)31)20-13-16-7-5-10-18(26)22(16)25(32)30(20)17-8-3-2-4-9-17/h2-10,12-15H,11H2,1H3,(H,27,28,29)/t15-/m0/s1. The molecule has 6 nitrogen and oxygen atoms in total. The number of aromatic nitrogens is 3. The molecule has 0 radical (unpaired) electrons. The fourth-order valence-electron chi connectivity index (χ4n) is 4.09. The number of anilines is 1. The van der Waals surface area contributed by atoms with E-state index in [4.69, 9.17) is 11.6 Å². The lowest BCUT2D eigenvalue weighted by Crippen LogP contribution is -2.26. The Kier molecular flexibility index (Phi) is 5.07. The molecule has 2 aromatic heterocycles. The molecule has 1 aliphatic rings. The normalized spacial score (nSPS) is 13.8. The Bertz CT molecular complexity index is 1440. The Hall–Kier alpha value is -3.77. The molecule has 0 saturated carbocycles. The average Bonchev–Trinajstić information content (AvgIpc) is 2.79. The molecule has 158 valence electrons. The van der Waals surface area contributed by atoms with Crippen molar-refractivity contribution in [2.24, 2.45) is 0 Å². The Morgan fingerprint density at radius 3 is 2.69 bits per heavy atom. The fourth-order valence-corrected chi connectivity index (χ4v) is 4.35. The highest BCUT2D eigenvalue weighted by Gasteiger charge is 2.23. The van der Waals surface area contributed by atoms with E-state index in [0.29, 0.717) is 33.9 Å². The first kappa shape index (κ1) is 20.2. The zero-order valence-corrected chi connectivity index (χ0v) is 18.0. The molecule has 0 fully saturated rings. The van der Waals surface area contributed by atoms with Crippen LogP contribution in [0.25, 0.3) is 16.5 Å². The number of nitrogens with zero attached hydrogens (tertiary/aromatic N) is 3. The van der Waals surface area contributed by atoms with Gasteiger partial charge in [0.05, 0.1) is 27.7 Å². The van der Waals surface area contributed by atoms with Crippen molar-refractivity contribution in [2.45, 2.75) is 19.4 Å². The zero-order chi connectivity index (χ0) is 22.2. The lowest BCUT2D eigenvalue weighted by molar-refractivity contribution is 0.104. The number of benzene rings is 2. The van der Waals surface area contributed by atoms with E-state index in [1.807, 2.05) is 55.5 Å². The smallest absolute Gasteiger partial charge is 0.264 e. The minimum Gasteiger partial charge on any atom is -0.361 e. The van der Waals surface area contributed by atoms with Gasteiger partial charge in [-0.05, 0) is 42.7 Å². The lowest BCUT2D eigenvalue weighted by Gasteiger charge is -2.23. The van der Waals surface area contributed by atoms with Crippen LogP contribution < -0.4 is 10.9 Å². The van der Waals surface area contributed by atoms with Crippen molar-refractivity contribution in [3.63, 3.8) is 0 Å². The second kappa shape index (κ2) is 8.05. The topological polar surface area (TPSA) is 76.9 Å². The second-order valence-corrected chi connectivity index (χ2v) is 8.04. The monoisotopic (exact) mass is 442 g/mol.